The lowest BCUT2D eigenvalue weighted by Crippen LogP contribution is -2.40. The molecule has 21 heavy (non-hydrogen) atoms. The Balaban J connectivity index is 2.64. The molecule has 0 aliphatic heterocycles. The van der Waals surface area contributed by atoms with Crippen LogP contribution in [0.3, 0.4) is 0 Å². The van der Waals surface area contributed by atoms with E-state index in [9.17, 15) is 13.6 Å². The van der Waals surface area contributed by atoms with Crippen LogP contribution in [0.5, 0.6) is 0 Å². The van der Waals surface area contributed by atoms with Crippen LogP contribution in [0.1, 0.15) is 26.3 Å². The molecular formula is C15H20ClF2NO2. The second-order valence-electron chi connectivity index (χ2n) is 5.86. The van der Waals surface area contributed by atoms with Crippen molar-refractivity contribution in [2.45, 2.75) is 33.9 Å². The molecular weight excluding hydrogens is 300 g/mol. The summed E-state index contributed by atoms with van der Waals surface area (Å²) in [7, 11) is 0. The molecule has 1 atom stereocenters. The number of hydrogen-bond donors (Lipinski definition) is 1. The molecule has 1 aromatic carbocycles. The molecule has 0 fully saturated rings. The van der Waals surface area contributed by atoms with E-state index in [1.807, 2.05) is 26.8 Å². The average Bonchev–Trinajstić information content (AvgIpc) is 2.34. The van der Waals surface area contributed by atoms with E-state index in [4.69, 9.17) is 11.6 Å². The van der Waals surface area contributed by atoms with Crippen molar-refractivity contribution in [3.8, 4) is 0 Å². The molecule has 1 amide bonds. The summed E-state index contributed by atoms with van der Waals surface area (Å²) in [5.74, 6) is -0.978. The molecule has 1 N–H and O–H groups in total. The van der Waals surface area contributed by atoms with Gasteiger partial charge >= 0.3 is 6.61 Å². The van der Waals surface area contributed by atoms with Crippen molar-refractivity contribution >= 4 is 17.5 Å². The predicted octanol–water partition coefficient (Wildman–Crippen LogP) is 3.86. The Labute approximate surface area is 128 Å². The lowest BCUT2D eigenvalue weighted by Gasteiger charge is -2.29. The minimum absolute atomic E-state index is 0.292. The third-order valence-corrected chi connectivity index (χ3v) is 3.34. The first kappa shape index (κ1) is 17.9. The summed E-state index contributed by atoms with van der Waals surface area (Å²) in [6.45, 7) is 2.53. The van der Waals surface area contributed by atoms with E-state index in [0.29, 0.717) is 11.6 Å². The van der Waals surface area contributed by atoms with Crippen molar-refractivity contribution in [2.24, 2.45) is 11.3 Å². The highest BCUT2D eigenvalue weighted by Crippen LogP contribution is 2.27. The number of alkyl halides is 2. The number of carbonyl (C=O) groups is 1. The van der Waals surface area contributed by atoms with Gasteiger partial charge in [-0.2, -0.15) is 8.78 Å². The Morgan fingerprint density at radius 2 is 2.05 bits per heavy atom. The quantitative estimate of drug-likeness (QED) is 0.864. The normalized spacial score (nSPS) is 13.3. The average molecular weight is 320 g/mol. The molecule has 6 heteroatoms. The van der Waals surface area contributed by atoms with Crippen molar-refractivity contribution < 1.29 is 18.3 Å². The van der Waals surface area contributed by atoms with Gasteiger partial charge in [0.25, 0.3) is 0 Å². The van der Waals surface area contributed by atoms with E-state index in [2.05, 4.69) is 10.1 Å². The summed E-state index contributed by atoms with van der Waals surface area (Å²) < 4.78 is 28.7. The van der Waals surface area contributed by atoms with Crippen molar-refractivity contribution in [3.63, 3.8) is 0 Å². The Kier molecular flexibility index (Phi) is 6.55. The van der Waals surface area contributed by atoms with Gasteiger partial charge in [0.05, 0.1) is 12.5 Å². The largest absolute Gasteiger partial charge is 0.352 e. The van der Waals surface area contributed by atoms with E-state index in [1.54, 1.807) is 18.2 Å². The van der Waals surface area contributed by atoms with Gasteiger partial charge in [0.2, 0.25) is 5.91 Å². The lowest BCUT2D eigenvalue weighted by molar-refractivity contribution is -0.156. The number of rotatable bonds is 6. The van der Waals surface area contributed by atoms with Crippen molar-refractivity contribution in [2.75, 3.05) is 6.61 Å². The van der Waals surface area contributed by atoms with Crippen molar-refractivity contribution in [3.05, 3.63) is 34.9 Å². The van der Waals surface area contributed by atoms with Crippen LogP contribution in [-0.2, 0) is 16.1 Å². The molecule has 0 bridgehead atoms. The van der Waals surface area contributed by atoms with E-state index < -0.39 is 17.9 Å². The van der Waals surface area contributed by atoms with Gasteiger partial charge in [-0.05, 0) is 23.1 Å². The van der Waals surface area contributed by atoms with Crippen LogP contribution in [0.25, 0.3) is 0 Å². The molecule has 0 radical (unpaired) electrons. The van der Waals surface area contributed by atoms with Gasteiger partial charge < -0.3 is 10.1 Å². The highest BCUT2D eigenvalue weighted by atomic mass is 35.5. The topological polar surface area (TPSA) is 38.3 Å². The van der Waals surface area contributed by atoms with Crippen LogP contribution < -0.4 is 5.32 Å². The molecule has 0 spiro atoms. The number of ether oxygens (including phenoxy) is 1. The highest BCUT2D eigenvalue weighted by Gasteiger charge is 2.32. The maximum absolute atomic E-state index is 12.2. The summed E-state index contributed by atoms with van der Waals surface area (Å²) in [5.41, 5.74) is 0.367. The Hall–Kier alpha value is -1.20. The fraction of sp³-hybridized carbons (Fsp3) is 0.533. The third kappa shape index (κ3) is 6.40. The Morgan fingerprint density at radius 1 is 1.38 bits per heavy atom. The second-order valence-corrected chi connectivity index (χ2v) is 6.30. The number of carbonyl (C=O) groups excluding carboxylic acids is 1. The smallest absolute Gasteiger partial charge is 0.345 e. The SMILES string of the molecule is CC(C)(C)C(COC(F)F)C(=O)NCc1cccc(Cl)c1. The summed E-state index contributed by atoms with van der Waals surface area (Å²) in [4.78, 5) is 12.2. The standard InChI is InChI=1S/C15H20ClF2NO2/c1-15(2,3)12(9-21-14(17)18)13(20)19-8-10-5-4-6-11(16)7-10/h4-7,12,14H,8-9H2,1-3H3,(H,19,20). The maximum atomic E-state index is 12.2. The highest BCUT2D eigenvalue weighted by molar-refractivity contribution is 6.30. The van der Waals surface area contributed by atoms with Gasteiger partial charge in [-0.25, -0.2) is 0 Å². The van der Waals surface area contributed by atoms with Crippen LogP contribution >= 0.6 is 11.6 Å². The van der Waals surface area contributed by atoms with Gasteiger partial charge in [0.1, 0.15) is 0 Å². The van der Waals surface area contributed by atoms with Crippen LogP contribution in [-0.4, -0.2) is 19.1 Å². The minimum atomic E-state index is -2.88. The molecule has 118 valence electrons. The fourth-order valence-electron chi connectivity index (χ4n) is 1.85. The first-order chi connectivity index (χ1) is 9.70. The van der Waals surface area contributed by atoms with E-state index >= 15 is 0 Å². The summed E-state index contributed by atoms with van der Waals surface area (Å²) in [5, 5.41) is 3.31. The molecule has 3 nitrogen and oxygen atoms in total. The van der Waals surface area contributed by atoms with E-state index in [1.165, 1.54) is 0 Å². The second kappa shape index (κ2) is 7.71. The molecule has 0 aromatic heterocycles. The maximum Gasteiger partial charge on any atom is 0.345 e. The number of nitrogens with one attached hydrogen (secondary N) is 1. The van der Waals surface area contributed by atoms with Crippen LogP contribution in [0.2, 0.25) is 5.02 Å². The van der Waals surface area contributed by atoms with Gasteiger partial charge in [-0.3, -0.25) is 4.79 Å². The molecule has 1 unspecified atom stereocenters. The zero-order chi connectivity index (χ0) is 16.0. The first-order valence-electron chi connectivity index (χ1n) is 6.62. The Morgan fingerprint density at radius 3 is 2.57 bits per heavy atom. The van der Waals surface area contributed by atoms with Crippen molar-refractivity contribution in [1.82, 2.24) is 5.32 Å². The molecule has 1 rings (SSSR count). The van der Waals surface area contributed by atoms with Gasteiger partial charge in [-0.1, -0.05) is 44.5 Å². The fourth-order valence-corrected chi connectivity index (χ4v) is 2.06. The Bertz CT molecular complexity index is 475. The predicted molar refractivity (Wildman–Crippen MR) is 78.2 cm³/mol. The van der Waals surface area contributed by atoms with Crippen LogP contribution in [0.15, 0.2) is 24.3 Å². The number of benzene rings is 1. The zero-order valence-electron chi connectivity index (χ0n) is 12.3. The zero-order valence-corrected chi connectivity index (χ0v) is 13.1. The monoisotopic (exact) mass is 319 g/mol. The summed E-state index contributed by atoms with van der Waals surface area (Å²) >= 11 is 5.86. The van der Waals surface area contributed by atoms with Gasteiger partial charge in [-0.15, -0.1) is 0 Å². The molecule has 0 saturated heterocycles. The summed E-state index contributed by atoms with van der Waals surface area (Å²) in [6, 6.07) is 7.09. The number of halogens is 3. The number of hydrogen-bond acceptors (Lipinski definition) is 2. The number of amides is 1. The lowest BCUT2D eigenvalue weighted by atomic mass is 9.80. The minimum Gasteiger partial charge on any atom is -0.352 e. The first-order valence-corrected chi connectivity index (χ1v) is 7.00. The molecule has 0 saturated carbocycles. The third-order valence-electron chi connectivity index (χ3n) is 3.11. The summed E-state index contributed by atoms with van der Waals surface area (Å²) in [6.07, 6.45) is 0. The molecule has 1 aromatic rings. The van der Waals surface area contributed by atoms with Gasteiger partial charge in [0, 0.05) is 11.6 Å². The van der Waals surface area contributed by atoms with Gasteiger partial charge in [0.15, 0.2) is 0 Å². The molecule has 0 aliphatic carbocycles. The van der Waals surface area contributed by atoms with Crippen LogP contribution in [0, 0.1) is 11.3 Å². The van der Waals surface area contributed by atoms with E-state index in [0.717, 1.165) is 5.56 Å². The van der Waals surface area contributed by atoms with E-state index in [-0.39, 0.29) is 12.5 Å². The van der Waals surface area contributed by atoms with Crippen LogP contribution in [0.4, 0.5) is 8.78 Å². The molecule has 0 aliphatic rings. The molecule has 0 heterocycles. The van der Waals surface area contributed by atoms with Crippen molar-refractivity contribution in [1.29, 1.82) is 0 Å².